The summed E-state index contributed by atoms with van der Waals surface area (Å²) < 4.78 is 12.8. The van der Waals surface area contributed by atoms with Gasteiger partial charge in [0.1, 0.15) is 6.10 Å². The first-order chi connectivity index (χ1) is 8.06. The van der Waals surface area contributed by atoms with Gasteiger partial charge in [-0.05, 0) is 30.5 Å². The highest BCUT2D eigenvalue weighted by Crippen LogP contribution is 2.21. The van der Waals surface area contributed by atoms with Gasteiger partial charge in [-0.1, -0.05) is 5.11 Å². The number of azide groups is 1. The van der Waals surface area contributed by atoms with Gasteiger partial charge in [0.25, 0.3) is 0 Å². The second-order valence-electron chi connectivity index (χ2n) is 3.62. The van der Waals surface area contributed by atoms with Crippen LogP contribution >= 0.6 is 0 Å². The molecule has 2 unspecified atom stereocenters. The van der Waals surface area contributed by atoms with E-state index in [1.807, 2.05) is 0 Å². The minimum atomic E-state index is -1.17. The predicted molar refractivity (Wildman–Crippen MR) is 58.5 cm³/mol. The Labute approximate surface area is 97.4 Å². The lowest BCUT2D eigenvalue weighted by Crippen LogP contribution is -2.20. The smallest absolute Gasteiger partial charge is 0.213 e. The number of halogens is 1. The Hall–Kier alpha value is -1.69. The highest BCUT2D eigenvalue weighted by molar-refractivity contribution is 5.25. The molecule has 0 aliphatic heterocycles. The van der Waals surface area contributed by atoms with Crippen molar-refractivity contribution >= 4 is 0 Å². The van der Waals surface area contributed by atoms with Crippen LogP contribution in [0.3, 0.4) is 0 Å². The highest BCUT2D eigenvalue weighted by Gasteiger charge is 2.20. The van der Waals surface area contributed by atoms with Crippen molar-refractivity contribution in [1.82, 2.24) is 4.98 Å². The number of aliphatic hydroxyl groups excluding tert-OH is 2. The summed E-state index contributed by atoms with van der Waals surface area (Å²) in [6.45, 7) is 1.70. The van der Waals surface area contributed by atoms with Crippen LogP contribution in [0.15, 0.2) is 17.4 Å². The molecule has 6 nitrogen and oxygen atoms in total. The number of rotatable bonds is 5. The van der Waals surface area contributed by atoms with Crippen LogP contribution in [0, 0.1) is 12.9 Å². The van der Waals surface area contributed by atoms with E-state index in [0.29, 0.717) is 11.1 Å². The quantitative estimate of drug-likeness (QED) is 0.354. The second kappa shape index (κ2) is 6.15. The van der Waals surface area contributed by atoms with E-state index in [1.165, 1.54) is 12.3 Å². The van der Waals surface area contributed by atoms with Gasteiger partial charge in [0, 0.05) is 23.2 Å². The molecule has 0 amide bonds. The molecule has 0 bridgehead atoms. The summed E-state index contributed by atoms with van der Waals surface area (Å²) in [6, 6.07) is 1.18. The topological polar surface area (TPSA) is 102 Å². The SMILES string of the molecule is Cc1cc(F)ncc1C(O)C(O)CCN=[N+]=[N-]. The van der Waals surface area contributed by atoms with Gasteiger partial charge in [-0.25, -0.2) is 4.98 Å². The van der Waals surface area contributed by atoms with E-state index in [9.17, 15) is 14.6 Å². The van der Waals surface area contributed by atoms with E-state index in [1.54, 1.807) is 6.92 Å². The summed E-state index contributed by atoms with van der Waals surface area (Å²) in [5.41, 5.74) is 8.94. The van der Waals surface area contributed by atoms with Crippen molar-refractivity contribution < 1.29 is 14.6 Å². The molecule has 2 atom stereocenters. The van der Waals surface area contributed by atoms with Gasteiger partial charge in [0.05, 0.1) is 6.10 Å². The Bertz CT molecular complexity index is 434. The molecule has 7 heteroatoms. The molecule has 0 aliphatic rings. The molecule has 2 N–H and O–H groups in total. The van der Waals surface area contributed by atoms with E-state index in [0.717, 1.165) is 0 Å². The zero-order chi connectivity index (χ0) is 12.8. The third-order valence-electron chi connectivity index (χ3n) is 2.39. The number of nitrogens with zero attached hydrogens (tertiary/aromatic N) is 4. The monoisotopic (exact) mass is 240 g/mol. The summed E-state index contributed by atoms with van der Waals surface area (Å²) in [5.74, 6) is -0.637. The molecule has 1 aromatic rings. The van der Waals surface area contributed by atoms with Crippen LogP contribution in [-0.4, -0.2) is 27.8 Å². The summed E-state index contributed by atoms with van der Waals surface area (Å²) >= 11 is 0. The van der Waals surface area contributed by atoms with E-state index in [-0.39, 0.29) is 13.0 Å². The lowest BCUT2D eigenvalue weighted by atomic mass is 10.00. The fourth-order valence-electron chi connectivity index (χ4n) is 1.44. The molecule has 17 heavy (non-hydrogen) atoms. The molecule has 0 radical (unpaired) electrons. The number of hydrogen-bond acceptors (Lipinski definition) is 4. The molecule has 92 valence electrons. The van der Waals surface area contributed by atoms with Gasteiger partial charge in [0.15, 0.2) is 0 Å². The number of hydrogen-bond donors (Lipinski definition) is 2. The molecule has 0 aliphatic carbocycles. The van der Waals surface area contributed by atoms with Crippen LogP contribution in [0.1, 0.15) is 23.7 Å². The van der Waals surface area contributed by atoms with Crippen LogP contribution in [0.5, 0.6) is 0 Å². The molecule has 1 rings (SSSR count). The van der Waals surface area contributed by atoms with Gasteiger partial charge < -0.3 is 10.2 Å². The maximum atomic E-state index is 12.8. The fourth-order valence-corrected chi connectivity index (χ4v) is 1.44. The molecule has 0 aromatic carbocycles. The summed E-state index contributed by atoms with van der Waals surface area (Å²) in [4.78, 5) is 5.96. The van der Waals surface area contributed by atoms with Gasteiger partial charge in [0.2, 0.25) is 5.95 Å². The number of pyridine rings is 1. The van der Waals surface area contributed by atoms with Crippen LogP contribution < -0.4 is 0 Å². The largest absolute Gasteiger partial charge is 0.390 e. The maximum Gasteiger partial charge on any atom is 0.213 e. The minimum Gasteiger partial charge on any atom is -0.390 e. The normalized spacial score (nSPS) is 13.9. The third-order valence-corrected chi connectivity index (χ3v) is 2.39. The Morgan fingerprint density at radius 3 is 2.88 bits per heavy atom. The summed E-state index contributed by atoms with van der Waals surface area (Å²) in [5, 5.41) is 22.7. The average Bonchev–Trinajstić information content (AvgIpc) is 2.28. The number of aryl methyl sites for hydroxylation is 1. The minimum absolute atomic E-state index is 0.0857. The maximum absolute atomic E-state index is 12.8. The van der Waals surface area contributed by atoms with E-state index in [2.05, 4.69) is 15.0 Å². The Morgan fingerprint density at radius 1 is 1.59 bits per heavy atom. The molecule has 0 saturated heterocycles. The average molecular weight is 240 g/mol. The second-order valence-corrected chi connectivity index (χ2v) is 3.62. The first kappa shape index (κ1) is 13.4. The molecular formula is C10H13FN4O2. The van der Waals surface area contributed by atoms with E-state index in [4.69, 9.17) is 5.53 Å². The van der Waals surface area contributed by atoms with Gasteiger partial charge in [-0.3, -0.25) is 0 Å². The van der Waals surface area contributed by atoms with Crippen LogP contribution in [0.25, 0.3) is 10.4 Å². The van der Waals surface area contributed by atoms with Crippen molar-refractivity contribution in [2.75, 3.05) is 6.54 Å². The third kappa shape index (κ3) is 3.67. The van der Waals surface area contributed by atoms with Crippen molar-refractivity contribution in [2.45, 2.75) is 25.6 Å². The molecule has 0 spiro atoms. The van der Waals surface area contributed by atoms with Crippen LogP contribution in [-0.2, 0) is 0 Å². The molecule has 0 saturated carbocycles. The Morgan fingerprint density at radius 2 is 2.29 bits per heavy atom. The Kier molecular flexibility index (Phi) is 4.84. The van der Waals surface area contributed by atoms with Crippen molar-refractivity contribution in [3.8, 4) is 0 Å². The van der Waals surface area contributed by atoms with Crippen molar-refractivity contribution in [3.63, 3.8) is 0 Å². The first-order valence-corrected chi connectivity index (χ1v) is 5.05. The summed E-state index contributed by atoms with van der Waals surface area (Å²) in [6.07, 6.45) is -0.933. The molecular weight excluding hydrogens is 227 g/mol. The first-order valence-electron chi connectivity index (χ1n) is 5.05. The molecule has 0 fully saturated rings. The van der Waals surface area contributed by atoms with Gasteiger partial charge >= 0.3 is 0 Å². The predicted octanol–water partition coefficient (Wildman–Crippen LogP) is 1.62. The van der Waals surface area contributed by atoms with Crippen molar-refractivity contribution in [2.24, 2.45) is 5.11 Å². The van der Waals surface area contributed by atoms with Gasteiger partial charge in [-0.2, -0.15) is 4.39 Å². The number of aromatic nitrogens is 1. The highest BCUT2D eigenvalue weighted by atomic mass is 19.1. The van der Waals surface area contributed by atoms with Crippen molar-refractivity contribution in [1.29, 1.82) is 0 Å². The Balaban J connectivity index is 2.73. The van der Waals surface area contributed by atoms with Crippen LogP contribution in [0.2, 0.25) is 0 Å². The number of aliphatic hydroxyl groups is 2. The lowest BCUT2D eigenvalue weighted by Gasteiger charge is -2.18. The molecule has 1 aromatic heterocycles. The van der Waals surface area contributed by atoms with Crippen LogP contribution in [0.4, 0.5) is 4.39 Å². The molecule has 1 heterocycles. The van der Waals surface area contributed by atoms with Crippen molar-refractivity contribution in [3.05, 3.63) is 39.8 Å². The standard InChI is InChI=1S/C10H13FN4O2/c1-6-4-9(11)13-5-7(6)10(17)8(16)2-3-14-15-12/h4-5,8,10,16-17H,2-3H2,1H3. The zero-order valence-corrected chi connectivity index (χ0v) is 9.28. The zero-order valence-electron chi connectivity index (χ0n) is 9.28. The lowest BCUT2D eigenvalue weighted by molar-refractivity contribution is 0.0144. The summed E-state index contributed by atoms with van der Waals surface area (Å²) in [7, 11) is 0. The van der Waals surface area contributed by atoms with Gasteiger partial charge in [-0.15, -0.1) is 0 Å². The van der Waals surface area contributed by atoms with E-state index >= 15 is 0 Å². The van der Waals surface area contributed by atoms with E-state index < -0.39 is 18.2 Å². The fraction of sp³-hybridized carbons (Fsp3) is 0.500.